The van der Waals surface area contributed by atoms with Gasteiger partial charge in [0.25, 0.3) is 5.91 Å². The number of rotatable bonds is 58. The van der Waals surface area contributed by atoms with Gasteiger partial charge in [0, 0.05) is 33.4 Å². The van der Waals surface area contributed by atoms with Crippen LogP contribution in [0.15, 0.2) is 24.3 Å². The Morgan fingerprint density at radius 3 is 1.21 bits per heavy atom. The van der Waals surface area contributed by atoms with Crippen molar-refractivity contribution < 1.29 is 71.3 Å². The maximum absolute atomic E-state index is 13.3. The lowest BCUT2D eigenvalue weighted by molar-refractivity contribution is -0.147. The molecule has 18 heteroatoms. The fourth-order valence-corrected chi connectivity index (χ4v) is 8.53. The van der Waals surface area contributed by atoms with Crippen molar-refractivity contribution in [1.29, 1.82) is 0 Å². The molecule has 1 atom stereocenters. The molecule has 1 N–H and O–H groups in total. The van der Waals surface area contributed by atoms with Crippen molar-refractivity contribution in [2.45, 2.75) is 252 Å². The number of ether oxygens (including phenoxy) is 10. The second kappa shape index (κ2) is 57.0. The average Bonchev–Trinajstić information content (AvgIpc) is 3.59. The molecule has 0 aliphatic rings. The molecule has 0 rings (SSSR count). The fraction of sp³-hybridized carbons (Fsp3) is 0.864. The number of hydrogen-bond donors (Lipinski definition) is 1. The Bertz CT molecular complexity index is 1640. The molecule has 18 nitrogen and oxygen atoms in total. The molecule has 0 saturated heterocycles. The molecule has 3 amide bonds. The van der Waals surface area contributed by atoms with E-state index < -0.39 is 54.5 Å². The highest BCUT2D eigenvalue weighted by Crippen LogP contribution is 2.15. The third-order valence-electron chi connectivity index (χ3n) is 13.3. The predicted octanol–water partition coefficient (Wildman–Crippen LogP) is 13.8. The zero-order chi connectivity index (χ0) is 62.0. The van der Waals surface area contributed by atoms with E-state index in [1.807, 2.05) is 0 Å². The van der Waals surface area contributed by atoms with Gasteiger partial charge in [0.2, 0.25) is 0 Å². The molecular weight excluding hydrogens is 1070 g/mol. The van der Waals surface area contributed by atoms with Crippen molar-refractivity contribution in [1.82, 2.24) is 15.1 Å². The van der Waals surface area contributed by atoms with Crippen LogP contribution in [-0.4, -0.2) is 176 Å². The highest BCUT2D eigenvalue weighted by atomic mass is 16.6. The van der Waals surface area contributed by atoms with E-state index in [1.165, 1.54) is 161 Å². The zero-order valence-electron chi connectivity index (χ0n) is 54.7. The number of esters is 2. The lowest BCUT2D eigenvalue weighted by Crippen LogP contribution is -2.43. The van der Waals surface area contributed by atoms with Crippen LogP contribution in [0.5, 0.6) is 0 Å². The van der Waals surface area contributed by atoms with Gasteiger partial charge in [0.05, 0.1) is 59.4 Å². The molecule has 84 heavy (non-hydrogen) atoms. The van der Waals surface area contributed by atoms with E-state index in [2.05, 4.69) is 43.5 Å². The molecule has 0 aliphatic carbocycles. The molecule has 0 spiro atoms. The summed E-state index contributed by atoms with van der Waals surface area (Å²) >= 11 is 0. The largest absolute Gasteiger partial charge is 0.462 e. The Labute approximate surface area is 510 Å². The Hall–Kier alpha value is -3.81. The third-order valence-corrected chi connectivity index (χ3v) is 13.3. The molecule has 492 valence electrons. The number of methoxy groups -OCH3 is 1. The minimum Gasteiger partial charge on any atom is -0.462 e. The molecule has 0 aliphatic heterocycles. The molecule has 0 saturated carbocycles. The summed E-state index contributed by atoms with van der Waals surface area (Å²) in [6.45, 7) is 16.9. The summed E-state index contributed by atoms with van der Waals surface area (Å²) in [5, 5.41) is 2.96. The van der Waals surface area contributed by atoms with Gasteiger partial charge in [-0.25, -0.2) is 9.59 Å². The molecule has 1 unspecified atom stereocenters. The van der Waals surface area contributed by atoms with Crippen LogP contribution in [0, 0.1) is 0 Å². The number of carbonyl (C=O) groups is 5. The first-order chi connectivity index (χ1) is 40.5. The number of nitrogens with one attached hydrogen (secondary N) is 1. The van der Waals surface area contributed by atoms with E-state index in [9.17, 15) is 24.0 Å². The molecule has 0 aromatic heterocycles. The van der Waals surface area contributed by atoms with Gasteiger partial charge in [-0.3, -0.25) is 24.2 Å². The Morgan fingerprint density at radius 1 is 0.417 bits per heavy atom. The minimum atomic E-state index is -0.853. The third kappa shape index (κ3) is 56.0. The van der Waals surface area contributed by atoms with Crippen LogP contribution in [-0.2, 0) is 61.8 Å². The first-order valence-electron chi connectivity index (χ1n) is 32.8. The van der Waals surface area contributed by atoms with Crippen LogP contribution in [0.2, 0.25) is 0 Å². The second-order valence-corrected chi connectivity index (χ2v) is 23.7. The van der Waals surface area contributed by atoms with Gasteiger partial charge in [0.1, 0.15) is 37.5 Å². The molecule has 0 fully saturated rings. The highest BCUT2D eigenvalue weighted by molar-refractivity contribution is 5.81. The quantitative estimate of drug-likeness (QED) is 0.0261. The summed E-state index contributed by atoms with van der Waals surface area (Å²) in [5.41, 5.74) is -1.63. The van der Waals surface area contributed by atoms with Crippen LogP contribution in [0.1, 0.15) is 235 Å². The van der Waals surface area contributed by atoms with E-state index in [0.717, 1.165) is 35.5 Å². The van der Waals surface area contributed by atoms with E-state index in [1.54, 1.807) is 41.5 Å². The zero-order valence-corrected chi connectivity index (χ0v) is 54.7. The summed E-state index contributed by atoms with van der Waals surface area (Å²) in [6, 6.07) is 0. The number of allylic oxidation sites excluding steroid dienone is 4. The lowest BCUT2D eigenvalue weighted by atomic mass is 10.1. The van der Waals surface area contributed by atoms with Gasteiger partial charge in [0.15, 0.2) is 6.10 Å². The van der Waals surface area contributed by atoms with Crippen LogP contribution in [0.25, 0.3) is 0 Å². The summed E-state index contributed by atoms with van der Waals surface area (Å²) < 4.78 is 55.4. The van der Waals surface area contributed by atoms with E-state index in [-0.39, 0.29) is 65.2 Å². The molecule has 0 aromatic carbocycles. The average molecular weight is 1200 g/mol. The van der Waals surface area contributed by atoms with Crippen molar-refractivity contribution in [3.8, 4) is 0 Å². The number of unbranched alkanes of at least 4 members (excludes halogenated alkanes) is 24. The Kier molecular flexibility index (Phi) is 54.4. The number of amides is 3. The van der Waals surface area contributed by atoms with Gasteiger partial charge in [-0.2, -0.15) is 0 Å². The lowest BCUT2D eigenvalue weighted by Gasteiger charge is -2.27. The monoisotopic (exact) mass is 1200 g/mol. The van der Waals surface area contributed by atoms with Crippen molar-refractivity contribution in [3.05, 3.63) is 24.3 Å². The molecule has 0 bridgehead atoms. The number of hydrogen-bond acceptors (Lipinski definition) is 15. The molecular formula is C66H123N3O15. The maximum Gasteiger partial charge on any atom is 0.410 e. The first kappa shape index (κ1) is 80.2. The summed E-state index contributed by atoms with van der Waals surface area (Å²) in [4.78, 5) is 66.5. The normalized spacial score (nSPS) is 12.2. The van der Waals surface area contributed by atoms with Crippen molar-refractivity contribution in [2.24, 2.45) is 0 Å². The second-order valence-electron chi connectivity index (χ2n) is 23.7. The molecule has 0 heterocycles. The van der Waals surface area contributed by atoms with Gasteiger partial charge >= 0.3 is 24.1 Å². The molecule has 0 radical (unpaired) electrons. The maximum atomic E-state index is 13.3. The first-order valence-corrected chi connectivity index (χ1v) is 32.8. The van der Waals surface area contributed by atoms with Crippen molar-refractivity contribution >= 4 is 30.0 Å². The number of nitrogens with zero attached hydrogens (tertiary/aromatic N) is 2. The van der Waals surface area contributed by atoms with E-state index in [4.69, 9.17) is 47.4 Å². The smallest absolute Gasteiger partial charge is 0.410 e. The summed E-state index contributed by atoms with van der Waals surface area (Å²) in [7, 11) is 1.47. The fourth-order valence-electron chi connectivity index (χ4n) is 8.53. The Morgan fingerprint density at radius 2 is 0.786 bits per heavy atom. The van der Waals surface area contributed by atoms with Crippen LogP contribution in [0.4, 0.5) is 9.59 Å². The topological polar surface area (TPSA) is 196 Å². The van der Waals surface area contributed by atoms with Crippen LogP contribution < -0.4 is 5.32 Å². The van der Waals surface area contributed by atoms with Gasteiger partial charge < -0.3 is 52.7 Å². The van der Waals surface area contributed by atoms with Gasteiger partial charge in [-0.1, -0.05) is 154 Å². The summed E-state index contributed by atoms with van der Waals surface area (Å²) in [5.74, 6) is -1.64. The van der Waals surface area contributed by atoms with E-state index in [0.29, 0.717) is 39.6 Å². The SMILES string of the molecule is CCCCCCCC/C=C\CCCCCCCCOCC(OCCCCCCCC/C=C\CCCCCCCC)C(=O)NCCOCCOCCOCCOC(=O)CN(CCOC(=O)CN(CCOC)C(=O)OC(C)(C)C)C(=O)OC(C)(C)C. The summed E-state index contributed by atoms with van der Waals surface area (Å²) in [6.07, 6.45) is 42.2. The van der Waals surface area contributed by atoms with Gasteiger partial charge in [-0.15, -0.1) is 0 Å². The standard InChI is InChI=1S/C66H123N3O15/c1-10-12-14-16-18-20-22-24-26-28-30-32-34-36-38-40-45-79-58-59(80-46-41-39-37-35-33-31-29-27-25-23-21-19-17-15-13-11-2)62(72)67-42-47-76-50-51-77-52-53-78-54-55-82-61(71)57-69(64(74)84-66(6,7)8)44-49-81-60(70)56-68(43-48-75-9)63(73)83-65(3,4)5/h24-27,59H,10-23,28-58H2,1-9H3,(H,67,72)/b26-24-,27-25-. The van der Waals surface area contributed by atoms with Crippen molar-refractivity contribution in [3.63, 3.8) is 0 Å². The number of carbonyl (C=O) groups excluding carboxylic acids is 5. The highest BCUT2D eigenvalue weighted by Gasteiger charge is 2.27. The van der Waals surface area contributed by atoms with Gasteiger partial charge in [-0.05, 0) is 106 Å². The Balaban J connectivity index is 4.60. The molecule has 0 aromatic rings. The van der Waals surface area contributed by atoms with Crippen LogP contribution in [0.3, 0.4) is 0 Å². The van der Waals surface area contributed by atoms with Crippen LogP contribution >= 0.6 is 0 Å². The predicted molar refractivity (Wildman–Crippen MR) is 334 cm³/mol. The van der Waals surface area contributed by atoms with Crippen molar-refractivity contribution in [2.75, 3.05) is 119 Å². The minimum absolute atomic E-state index is 0.0688. The van der Waals surface area contributed by atoms with E-state index >= 15 is 0 Å².